The van der Waals surface area contributed by atoms with Crippen LogP contribution < -0.4 is 9.88 Å². The summed E-state index contributed by atoms with van der Waals surface area (Å²) in [6, 6.07) is 6.09. The number of ether oxygens (including phenoxy) is 1. The molecule has 1 aromatic carbocycles. The van der Waals surface area contributed by atoms with Crippen LogP contribution in [0.1, 0.15) is 6.92 Å². The first-order chi connectivity index (χ1) is 8.36. The molecule has 0 aliphatic heterocycles. The third kappa shape index (κ3) is 2.69. The molecule has 0 atom stereocenters. The van der Waals surface area contributed by atoms with Crippen molar-refractivity contribution < 1.29 is 22.4 Å². The summed E-state index contributed by atoms with van der Waals surface area (Å²) in [4.78, 5) is 10.8. The minimum absolute atomic E-state index is 0.0474. The predicted molar refractivity (Wildman–Crippen MR) is 63.8 cm³/mol. The summed E-state index contributed by atoms with van der Waals surface area (Å²) >= 11 is 0. The molecular weight excluding hydrogens is 258 g/mol. The molecule has 0 aliphatic carbocycles. The quantitative estimate of drug-likeness (QED) is 0.894. The van der Waals surface area contributed by atoms with E-state index in [2.05, 4.69) is 0 Å². The number of carbonyl (C=O) groups is 1. The van der Waals surface area contributed by atoms with Crippen LogP contribution in [-0.4, -0.2) is 20.8 Å². The van der Waals surface area contributed by atoms with Crippen molar-refractivity contribution in [2.75, 3.05) is 6.61 Å². The number of primary sulfonamides is 1. The molecule has 0 spiro atoms. The Morgan fingerprint density at radius 1 is 1.39 bits per heavy atom. The first-order valence-corrected chi connectivity index (χ1v) is 6.59. The van der Waals surface area contributed by atoms with Gasteiger partial charge in [-0.1, -0.05) is 0 Å². The number of benzene rings is 1. The number of sulfonamides is 1. The van der Waals surface area contributed by atoms with Crippen LogP contribution in [-0.2, 0) is 14.8 Å². The Labute approximate surface area is 103 Å². The number of carbonyl (C=O) groups excluding carboxylic acids is 1. The Morgan fingerprint density at radius 3 is 2.72 bits per heavy atom. The summed E-state index contributed by atoms with van der Waals surface area (Å²) in [6.07, 6.45) is 0. The fourth-order valence-electron chi connectivity index (χ4n) is 1.40. The van der Waals surface area contributed by atoms with Gasteiger partial charge in [0.2, 0.25) is 5.09 Å². The molecule has 0 unspecified atom stereocenters. The van der Waals surface area contributed by atoms with Gasteiger partial charge in [0, 0.05) is 17.5 Å². The molecule has 0 fully saturated rings. The third-order valence-electron chi connectivity index (χ3n) is 2.19. The van der Waals surface area contributed by atoms with Gasteiger partial charge in [0.25, 0.3) is 10.0 Å². The molecule has 0 amide bonds. The normalized spacial score (nSPS) is 11.7. The molecule has 0 saturated carbocycles. The van der Waals surface area contributed by atoms with Crippen molar-refractivity contribution in [2.24, 2.45) is 5.14 Å². The van der Waals surface area contributed by atoms with Crippen molar-refractivity contribution in [2.45, 2.75) is 12.0 Å². The van der Waals surface area contributed by atoms with Gasteiger partial charge < -0.3 is 9.15 Å². The van der Waals surface area contributed by atoms with Crippen molar-refractivity contribution >= 4 is 26.8 Å². The fraction of sp³-hybridized carbons (Fsp3) is 0.182. The lowest BCUT2D eigenvalue weighted by molar-refractivity contribution is -0.118. The second kappa shape index (κ2) is 4.43. The zero-order valence-corrected chi connectivity index (χ0v) is 10.4. The van der Waals surface area contributed by atoms with Gasteiger partial charge in [0.15, 0.2) is 5.78 Å². The maximum atomic E-state index is 11.1. The number of ketones is 1. The summed E-state index contributed by atoms with van der Waals surface area (Å²) in [5.74, 6) is 0.313. The molecule has 0 saturated heterocycles. The topological polar surface area (TPSA) is 99.6 Å². The predicted octanol–water partition coefficient (Wildman–Crippen LogP) is 1.05. The Bertz CT molecular complexity index is 701. The molecule has 2 aromatic rings. The van der Waals surface area contributed by atoms with E-state index in [1.54, 1.807) is 12.1 Å². The Hall–Kier alpha value is -1.86. The van der Waals surface area contributed by atoms with Crippen LogP contribution in [0.15, 0.2) is 33.8 Å². The van der Waals surface area contributed by atoms with Crippen molar-refractivity contribution in [3.05, 3.63) is 24.3 Å². The standard InChI is InChI=1S/C11H11NO5S/c1-7(13)6-16-9-3-2-8-4-11(18(12,14)15)17-10(8)5-9/h2-5H,6H2,1H3,(H2,12,14,15). The molecule has 96 valence electrons. The lowest BCUT2D eigenvalue weighted by atomic mass is 10.2. The van der Waals surface area contributed by atoms with E-state index in [4.69, 9.17) is 14.3 Å². The zero-order chi connectivity index (χ0) is 13.3. The van der Waals surface area contributed by atoms with Gasteiger partial charge in [-0.05, 0) is 19.1 Å². The van der Waals surface area contributed by atoms with Crippen molar-refractivity contribution in [3.8, 4) is 5.75 Å². The second-order valence-corrected chi connectivity index (χ2v) is 5.29. The number of hydrogen-bond donors (Lipinski definition) is 1. The van der Waals surface area contributed by atoms with Crippen molar-refractivity contribution in [3.63, 3.8) is 0 Å². The van der Waals surface area contributed by atoms with Gasteiger partial charge in [0.1, 0.15) is 17.9 Å². The first kappa shape index (κ1) is 12.6. The maximum Gasteiger partial charge on any atom is 0.271 e. The van der Waals surface area contributed by atoms with Crippen LogP contribution in [0.4, 0.5) is 0 Å². The number of rotatable bonds is 4. The molecule has 1 heterocycles. The molecule has 7 heteroatoms. The van der Waals surface area contributed by atoms with Crippen LogP contribution in [0.25, 0.3) is 11.0 Å². The molecule has 1 aromatic heterocycles. The highest BCUT2D eigenvalue weighted by Crippen LogP contribution is 2.25. The SMILES string of the molecule is CC(=O)COc1ccc2cc(S(N)(=O)=O)oc2c1. The summed E-state index contributed by atoms with van der Waals surface area (Å²) in [6.45, 7) is 1.36. The highest BCUT2D eigenvalue weighted by Gasteiger charge is 2.14. The summed E-state index contributed by atoms with van der Waals surface area (Å²) < 4.78 is 32.5. The number of nitrogens with two attached hydrogens (primary N) is 1. The molecule has 2 N–H and O–H groups in total. The van der Waals surface area contributed by atoms with Gasteiger partial charge >= 0.3 is 0 Å². The van der Waals surface area contributed by atoms with E-state index in [9.17, 15) is 13.2 Å². The molecular formula is C11H11NO5S. The van der Waals surface area contributed by atoms with Crippen molar-refractivity contribution in [1.82, 2.24) is 0 Å². The van der Waals surface area contributed by atoms with Crippen LogP contribution in [0.2, 0.25) is 0 Å². The van der Waals surface area contributed by atoms with Gasteiger partial charge in [-0.3, -0.25) is 4.79 Å². The minimum Gasteiger partial charge on any atom is -0.486 e. The van der Waals surface area contributed by atoms with Crippen LogP contribution in [0.3, 0.4) is 0 Å². The van der Waals surface area contributed by atoms with Crippen LogP contribution in [0.5, 0.6) is 5.75 Å². The monoisotopic (exact) mass is 269 g/mol. The second-order valence-electron chi connectivity index (χ2n) is 3.80. The van der Waals surface area contributed by atoms with E-state index in [1.807, 2.05) is 0 Å². The van der Waals surface area contributed by atoms with E-state index in [1.165, 1.54) is 19.1 Å². The van der Waals surface area contributed by atoms with Gasteiger partial charge in [0.05, 0.1) is 0 Å². The van der Waals surface area contributed by atoms with E-state index in [0.29, 0.717) is 16.7 Å². The maximum absolute atomic E-state index is 11.1. The zero-order valence-electron chi connectivity index (χ0n) is 9.54. The molecule has 18 heavy (non-hydrogen) atoms. The number of fused-ring (bicyclic) bond motifs is 1. The lowest BCUT2D eigenvalue weighted by Crippen LogP contribution is -2.10. The van der Waals surface area contributed by atoms with Crippen LogP contribution >= 0.6 is 0 Å². The van der Waals surface area contributed by atoms with Gasteiger partial charge in [-0.25, -0.2) is 13.6 Å². The summed E-state index contributed by atoms with van der Waals surface area (Å²) in [5.41, 5.74) is 0.333. The number of hydrogen-bond acceptors (Lipinski definition) is 5. The molecule has 0 radical (unpaired) electrons. The number of furan rings is 1. The summed E-state index contributed by atoms with van der Waals surface area (Å²) in [5, 5.41) is 5.25. The smallest absolute Gasteiger partial charge is 0.271 e. The van der Waals surface area contributed by atoms with Crippen LogP contribution in [0, 0.1) is 0 Å². The van der Waals surface area contributed by atoms with E-state index in [-0.39, 0.29) is 17.5 Å². The van der Waals surface area contributed by atoms with Crippen molar-refractivity contribution in [1.29, 1.82) is 0 Å². The molecule has 0 bridgehead atoms. The van der Waals surface area contributed by atoms with E-state index < -0.39 is 10.0 Å². The first-order valence-electron chi connectivity index (χ1n) is 5.05. The lowest BCUT2D eigenvalue weighted by Gasteiger charge is -2.02. The van der Waals surface area contributed by atoms with Gasteiger partial charge in [-0.2, -0.15) is 0 Å². The Morgan fingerprint density at radius 2 is 2.11 bits per heavy atom. The Kier molecular flexibility index (Phi) is 3.10. The average molecular weight is 269 g/mol. The molecule has 0 aliphatic rings. The highest BCUT2D eigenvalue weighted by molar-refractivity contribution is 7.89. The van der Waals surface area contributed by atoms with E-state index >= 15 is 0 Å². The number of Topliss-reactive ketones (excluding diaryl/α,β-unsaturated/α-hetero) is 1. The van der Waals surface area contributed by atoms with Gasteiger partial charge in [-0.15, -0.1) is 0 Å². The van der Waals surface area contributed by atoms with E-state index in [0.717, 1.165) is 0 Å². The Balaban J connectivity index is 2.37. The summed E-state index contributed by atoms with van der Waals surface area (Å²) in [7, 11) is -3.86. The molecule has 2 rings (SSSR count). The fourth-order valence-corrected chi connectivity index (χ4v) is 1.90. The third-order valence-corrected chi connectivity index (χ3v) is 2.95. The average Bonchev–Trinajstić information content (AvgIpc) is 2.68. The minimum atomic E-state index is -3.86. The largest absolute Gasteiger partial charge is 0.486 e. The highest BCUT2D eigenvalue weighted by atomic mass is 32.2. The molecule has 6 nitrogen and oxygen atoms in total.